The first kappa shape index (κ1) is 32.8. The third-order valence-electron chi connectivity index (χ3n) is 6.57. The summed E-state index contributed by atoms with van der Waals surface area (Å²) in [6.07, 6.45) is 8.51. The first-order valence-electron chi connectivity index (χ1n) is 13.3. The molecule has 0 unspecified atom stereocenters. The van der Waals surface area contributed by atoms with Gasteiger partial charge in [0.25, 0.3) is 0 Å². The van der Waals surface area contributed by atoms with Gasteiger partial charge >= 0.3 is 17.9 Å². The lowest BCUT2D eigenvalue weighted by atomic mass is 10.1. The van der Waals surface area contributed by atoms with E-state index < -0.39 is 24.0 Å². The molecule has 0 aromatic heterocycles. The zero-order valence-corrected chi connectivity index (χ0v) is 23.0. The van der Waals surface area contributed by atoms with Gasteiger partial charge in [0, 0.05) is 17.6 Å². The SMILES string of the molecule is C=C(C)C(=O)OCC(COC(=O)C(=C)C)OC(=O)CCCCCCCCCC[N+](CC)(CC)CC. The standard InChI is InChI=1S/C28H50NO6/c1-8-29(9-2,10-3)20-18-16-14-12-11-13-15-17-19-26(30)35-25(21-33-27(31)23(4)5)22-34-28(32)24(6)7/h25H,4,6,8-22H2,1-3,5,7H3/q+1. The van der Waals surface area contributed by atoms with Crippen LogP contribution in [0.25, 0.3) is 0 Å². The van der Waals surface area contributed by atoms with Crippen LogP contribution in [0.3, 0.4) is 0 Å². The fourth-order valence-electron chi connectivity index (χ4n) is 3.87. The molecule has 7 heteroatoms. The Bertz CT molecular complexity index is 630. The number of carbonyl (C=O) groups excluding carboxylic acids is 3. The van der Waals surface area contributed by atoms with Crippen molar-refractivity contribution in [1.82, 2.24) is 0 Å². The second-order valence-corrected chi connectivity index (χ2v) is 9.46. The van der Waals surface area contributed by atoms with Gasteiger partial charge in [-0.2, -0.15) is 0 Å². The van der Waals surface area contributed by atoms with E-state index in [2.05, 4.69) is 33.9 Å². The van der Waals surface area contributed by atoms with Crippen molar-refractivity contribution in [3.63, 3.8) is 0 Å². The monoisotopic (exact) mass is 496 g/mol. The summed E-state index contributed by atoms with van der Waals surface area (Å²) in [4.78, 5) is 35.5. The maximum atomic E-state index is 12.2. The van der Waals surface area contributed by atoms with Crippen molar-refractivity contribution in [3.8, 4) is 0 Å². The zero-order chi connectivity index (χ0) is 26.7. The molecule has 0 aliphatic rings. The molecule has 0 fully saturated rings. The highest BCUT2D eigenvalue weighted by atomic mass is 16.6. The summed E-state index contributed by atoms with van der Waals surface area (Å²) in [5.74, 6) is -1.56. The highest BCUT2D eigenvalue weighted by Gasteiger charge is 2.20. The molecule has 202 valence electrons. The van der Waals surface area contributed by atoms with Crippen molar-refractivity contribution in [2.75, 3.05) is 39.4 Å². The molecule has 0 aromatic carbocycles. The molecule has 0 aliphatic heterocycles. The van der Waals surface area contributed by atoms with E-state index in [-0.39, 0.29) is 30.8 Å². The van der Waals surface area contributed by atoms with Crippen LogP contribution in [0.5, 0.6) is 0 Å². The molecule has 7 nitrogen and oxygen atoms in total. The van der Waals surface area contributed by atoms with Crippen molar-refractivity contribution in [2.45, 2.75) is 98.5 Å². The normalized spacial score (nSPS) is 11.3. The third kappa shape index (κ3) is 15.5. The molecule has 0 saturated heterocycles. The minimum atomic E-state index is -0.861. The van der Waals surface area contributed by atoms with Gasteiger partial charge in [-0.25, -0.2) is 9.59 Å². The molecule has 0 aromatic rings. The zero-order valence-electron chi connectivity index (χ0n) is 23.0. The molecule has 0 saturated carbocycles. The van der Waals surface area contributed by atoms with Crippen molar-refractivity contribution >= 4 is 17.9 Å². The van der Waals surface area contributed by atoms with Crippen LogP contribution < -0.4 is 0 Å². The third-order valence-corrected chi connectivity index (χ3v) is 6.57. The summed E-state index contributed by atoms with van der Waals surface area (Å²) in [5, 5.41) is 0. The molecule has 0 amide bonds. The second-order valence-electron chi connectivity index (χ2n) is 9.46. The molecule has 0 N–H and O–H groups in total. The van der Waals surface area contributed by atoms with Crippen molar-refractivity contribution in [2.24, 2.45) is 0 Å². The van der Waals surface area contributed by atoms with Crippen LogP contribution in [0.15, 0.2) is 24.3 Å². The van der Waals surface area contributed by atoms with Gasteiger partial charge in [0.15, 0.2) is 6.10 Å². The van der Waals surface area contributed by atoms with Crippen molar-refractivity contribution in [1.29, 1.82) is 0 Å². The molecular formula is C28H50NO6+. The Morgan fingerprint density at radius 2 is 1.09 bits per heavy atom. The predicted octanol–water partition coefficient (Wildman–Crippen LogP) is 5.52. The first-order valence-corrected chi connectivity index (χ1v) is 13.3. The minimum absolute atomic E-state index is 0.199. The molecule has 0 rings (SSSR count). The van der Waals surface area contributed by atoms with E-state index in [1.165, 1.54) is 76.6 Å². The molecule has 0 radical (unpaired) electrons. The number of carbonyl (C=O) groups is 3. The largest absolute Gasteiger partial charge is 0.458 e. The lowest BCUT2D eigenvalue weighted by Gasteiger charge is -2.35. The lowest BCUT2D eigenvalue weighted by Crippen LogP contribution is -2.48. The number of ether oxygens (including phenoxy) is 3. The van der Waals surface area contributed by atoms with E-state index in [0.29, 0.717) is 0 Å². The van der Waals surface area contributed by atoms with Gasteiger partial charge < -0.3 is 18.7 Å². The summed E-state index contributed by atoms with van der Waals surface area (Å²) >= 11 is 0. The Hall–Kier alpha value is -2.15. The summed E-state index contributed by atoms with van der Waals surface area (Å²) in [7, 11) is 0. The van der Waals surface area contributed by atoms with Gasteiger partial charge in [-0.15, -0.1) is 0 Å². The van der Waals surface area contributed by atoms with Crippen LogP contribution in [0.1, 0.15) is 92.4 Å². The van der Waals surface area contributed by atoms with Gasteiger partial charge in [-0.05, 0) is 53.9 Å². The van der Waals surface area contributed by atoms with E-state index in [9.17, 15) is 14.4 Å². The Morgan fingerprint density at radius 1 is 0.686 bits per heavy atom. The summed E-state index contributed by atoms with van der Waals surface area (Å²) in [5.41, 5.74) is 0.480. The molecule has 0 heterocycles. The number of rotatable bonds is 21. The van der Waals surface area contributed by atoms with Crippen LogP contribution in [0.2, 0.25) is 0 Å². The van der Waals surface area contributed by atoms with Crippen LogP contribution in [-0.2, 0) is 28.6 Å². The minimum Gasteiger partial charge on any atom is -0.458 e. The number of hydrogen-bond donors (Lipinski definition) is 0. The highest BCUT2D eigenvalue weighted by molar-refractivity contribution is 5.87. The van der Waals surface area contributed by atoms with Crippen molar-refractivity contribution < 1.29 is 33.1 Å². The smallest absolute Gasteiger partial charge is 0.333 e. The Balaban J connectivity index is 4.12. The average molecular weight is 497 g/mol. The number of quaternary nitrogens is 1. The number of esters is 3. The van der Waals surface area contributed by atoms with Crippen molar-refractivity contribution in [3.05, 3.63) is 24.3 Å². The van der Waals surface area contributed by atoms with Crippen LogP contribution in [-0.4, -0.2) is 67.9 Å². The van der Waals surface area contributed by atoms with Gasteiger partial charge in [-0.1, -0.05) is 45.3 Å². The second kappa shape index (κ2) is 19.1. The Labute approximate surface area is 213 Å². The number of nitrogens with zero attached hydrogens (tertiary/aromatic N) is 1. The van der Waals surface area contributed by atoms with Crippen LogP contribution in [0, 0.1) is 0 Å². The topological polar surface area (TPSA) is 78.9 Å². The Kier molecular flexibility index (Phi) is 17.9. The van der Waals surface area contributed by atoms with E-state index in [1.807, 2.05) is 0 Å². The maximum Gasteiger partial charge on any atom is 0.333 e. The van der Waals surface area contributed by atoms with Crippen LogP contribution >= 0.6 is 0 Å². The molecule has 0 bridgehead atoms. The quantitative estimate of drug-likeness (QED) is 0.0684. The maximum absolute atomic E-state index is 12.2. The van der Waals surface area contributed by atoms with Gasteiger partial charge in [0.1, 0.15) is 13.2 Å². The fraction of sp³-hybridized carbons (Fsp3) is 0.750. The summed E-state index contributed by atoms with van der Waals surface area (Å²) in [6.45, 7) is 21.5. The summed E-state index contributed by atoms with van der Waals surface area (Å²) < 4.78 is 16.7. The number of unbranched alkanes of at least 4 members (excludes halogenated alkanes) is 7. The van der Waals surface area contributed by atoms with E-state index in [4.69, 9.17) is 14.2 Å². The molecule has 0 spiro atoms. The van der Waals surface area contributed by atoms with E-state index >= 15 is 0 Å². The molecule has 0 aliphatic carbocycles. The molecule has 35 heavy (non-hydrogen) atoms. The van der Waals surface area contributed by atoms with E-state index in [1.54, 1.807) is 0 Å². The average Bonchev–Trinajstić information content (AvgIpc) is 2.84. The Morgan fingerprint density at radius 3 is 1.49 bits per heavy atom. The molecule has 0 atom stereocenters. The molecular weight excluding hydrogens is 446 g/mol. The van der Waals surface area contributed by atoms with Crippen LogP contribution in [0.4, 0.5) is 0 Å². The van der Waals surface area contributed by atoms with Gasteiger partial charge in [-0.3, -0.25) is 4.79 Å². The first-order chi connectivity index (χ1) is 16.6. The lowest BCUT2D eigenvalue weighted by molar-refractivity contribution is -0.923. The number of hydrogen-bond acceptors (Lipinski definition) is 6. The predicted molar refractivity (Wildman–Crippen MR) is 140 cm³/mol. The fourth-order valence-corrected chi connectivity index (χ4v) is 3.87. The summed E-state index contributed by atoms with van der Waals surface area (Å²) in [6, 6.07) is 0. The highest BCUT2D eigenvalue weighted by Crippen LogP contribution is 2.14. The van der Waals surface area contributed by atoms with E-state index in [0.717, 1.165) is 19.3 Å². The van der Waals surface area contributed by atoms with Gasteiger partial charge in [0.05, 0.1) is 26.2 Å². The van der Waals surface area contributed by atoms with Gasteiger partial charge in [0.2, 0.25) is 0 Å².